The molecule has 1 unspecified atom stereocenters. The Morgan fingerprint density at radius 2 is 1.89 bits per heavy atom. The van der Waals surface area contributed by atoms with Gasteiger partial charge in [0.25, 0.3) is 0 Å². The van der Waals surface area contributed by atoms with E-state index < -0.39 is 0 Å². The van der Waals surface area contributed by atoms with Gasteiger partial charge in [0.1, 0.15) is 0 Å². The Bertz CT molecular complexity index is 1130. The number of allylic oxidation sites excluding steroid dienone is 4. The maximum atomic E-state index is 4.73. The van der Waals surface area contributed by atoms with E-state index in [1.165, 1.54) is 86.2 Å². The summed E-state index contributed by atoms with van der Waals surface area (Å²) < 4.78 is 2.79. The van der Waals surface area contributed by atoms with Crippen molar-refractivity contribution in [2.24, 2.45) is 16.3 Å². The lowest BCUT2D eigenvalue weighted by atomic mass is 9.60. The van der Waals surface area contributed by atoms with Gasteiger partial charge in [-0.25, -0.2) is 0 Å². The van der Waals surface area contributed by atoms with Crippen LogP contribution < -0.4 is 0 Å². The largest absolute Gasteiger partial charge is 0.337 e. The molecule has 3 aliphatic rings. The Kier molecular flexibility index (Phi) is 7.89. The van der Waals surface area contributed by atoms with E-state index in [1.807, 2.05) is 0 Å². The summed E-state index contributed by atoms with van der Waals surface area (Å²) in [4.78, 5) is 4.73. The number of aryl methyl sites for hydroxylation is 2. The maximum absolute atomic E-state index is 4.73. The average Bonchev–Trinajstić information content (AvgIpc) is 3.20. The van der Waals surface area contributed by atoms with Gasteiger partial charge in [0, 0.05) is 29.4 Å². The molecule has 2 aromatic rings. The molecule has 0 saturated heterocycles. The van der Waals surface area contributed by atoms with E-state index in [1.54, 1.807) is 11.3 Å². The summed E-state index contributed by atoms with van der Waals surface area (Å²) in [6.07, 6.45) is 27.3. The zero-order valence-electron chi connectivity index (χ0n) is 23.4. The molecule has 0 spiro atoms. The highest BCUT2D eigenvalue weighted by molar-refractivity contribution is 5.94. The third kappa shape index (κ3) is 5.15. The normalized spacial score (nSPS) is 26.8. The van der Waals surface area contributed by atoms with Crippen LogP contribution in [0.2, 0.25) is 0 Å². The standard InChI is InChI=1S/C34H48N2/c1-5-19-35-24-28-21-32-31(20-25(28)3)30(17-18-34(4)22-26(6-2)23-34)33(27-13-9-7-10-14-27)36(32)29-15-11-8-12-16-29/h8,11-12,15,20-21,24,26-27,29H,5-7,9-10,13-14,16-19,22-23H2,1-4H3. The van der Waals surface area contributed by atoms with Crippen molar-refractivity contribution in [3.8, 4) is 0 Å². The number of rotatable bonds is 9. The van der Waals surface area contributed by atoms with Gasteiger partial charge in [0.15, 0.2) is 0 Å². The van der Waals surface area contributed by atoms with E-state index in [4.69, 9.17) is 4.99 Å². The third-order valence-corrected chi connectivity index (χ3v) is 9.52. The fourth-order valence-electron chi connectivity index (χ4n) is 7.45. The molecule has 1 aromatic heterocycles. The summed E-state index contributed by atoms with van der Waals surface area (Å²) >= 11 is 0. The lowest BCUT2D eigenvalue weighted by Gasteiger charge is -2.45. The van der Waals surface area contributed by atoms with Crippen molar-refractivity contribution < 1.29 is 0 Å². The SMILES string of the molecule is CCCN=Cc1cc2c(cc1C)c(CCC1(C)CC(CC)C1)c(C1CCCCC1)n2C1C=CC=CC1. The van der Waals surface area contributed by atoms with Crippen LogP contribution in [0.1, 0.15) is 126 Å². The van der Waals surface area contributed by atoms with Crippen LogP contribution in [-0.2, 0) is 6.42 Å². The van der Waals surface area contributed by atoms with E-state index in [9.17, 15) is 0 Å². The number of benzene rings is 1. The maximum Gasteiger partial charge on any atom is 0.0557 e. The molecule has 3 aliphatic carbocycles. The number of aromatic nitrogens is 1. The molecule has 2 fully saturated rings. The third-order valence-electron chi connectivity index (χ3n) is 9.52. The Morgan fingerprint density at radius 1 is 1.08 bits per heavy atom. The van der Waals surface area contributed by atoms with E-state index >= 15 is 0 Å². The van der Waals surface area contributed by atoms with Gasteiger partial charge >= 0.3 is 0 Å². The van der Waals surface area contributed by atoms with Crippen molar-refractivity contribution in [1.29, 1.82) is 0 Å². The van der Waals surface area contributed by atoms with Crippen LogP contribution in [0.5, 0.6) is 0 Å². The Balaban J connectivity index is 1.63. The van der Waals surface area contributed by atoms with Crippen molar-refractivity contribution in [3.05, 3.63) is 58.8 Å². The molecule has 0 aliphatic heterocycles. The fourth-order valence-corrected chi connectivity index (χ4v) is 7.45. The van der Waals surface area contributed by atoms with E-state index in [2.05, 4.69) is 74.9 Å². The highest BCUT2D eigenvalue weighted by Gasteiger charge is 2.39. The van der Waals surface area contributed by atoms with Crippen LogP contribution in [0.15, 0.2) is 41.4 Å². The van der Waals surface area contributed by atoms with Crippen molar-refractivity contribution in [2.75, 3.05) is 6.54 Å². The second kappa shape index (κ2) is 11.1. The summed E-state index contributed by atoms with van der Waals surface area (Å²) in [6.45, 7) is 10.3. The van der Waals surface area contributed by atoms with Gasteiger partial charge in [-0.2, -0.15) is 0 Å². The average molecular weight is 485 g/mol. The zero-order valence-corrected chi connectivity index (χ0v) is 23.4. The number of aliphatic imine (C=N–C) groups is 1. The van der Waals surface area contributed by atoms with Crippen LogP contribution >= 0.6 is 0 Å². The molecule has 2 saturated carbocycles. The van der Waals surface area contributed by atoms with Crippen LogP contribution in [0.25, 0.3) is 10.9 Å². The molecule has 0 radical (unpaired) electrons. The Morgan fingerprint density at radius 3 is 2.58 bits per heavy atom. The molecule has 1 heterocycles. The molecule has 2 nitrogen and oxygen atoms in total. The minimum atomic E-state index is 0.426. The molecule has 194 valence electrons. The van der Waals surface area contributed by atoms with Crippen molar-refractivity contribution >= 4 is 17.1 Å². The van der Waals surface area contributed by atoms with Crippen LogP contribution in [-0.4, -0.2) is 17.3 Å². The van der Waals surface area contributed by atoms with E-state index in [-0.39, 0.29) is 0 Å². The first-order chi connectivity index (χ1) is 17.5. The van der Waals surface area contributed by atoms with Gasteiger partial charge in [-0.1, -0.05) is 70.8 Å². The second-order valence-electron chi connectivity index (χ2n) is 12.4. The van der Waals surface area contributed by atoms with Gasteiger partial charge in [-0.3, -0.25) is 4.99 Å². The van der Waals surface area contributed by atoms with Crippen molar-refractivity contribution in [2.45, 2.75) is 117 Å². The monoisotopic (exact) mass is 484 g/mol. The van der Waals surface area contributed by atoms with Gasteiger partial charge in [-0.15, -0.1) is 0 Å². The first-order valence-corrected chi connectivity index (χ1v) is 15.0. The summed E-state index contributed by atoms with van der Waals surface area (Å²) in [6, 6.07) is 5.42. The quantitative estimate of drug-likeness (QED) is 0.315. The lowest BCUT2D eigenvalue weighted by molar-refractivity contribution is 0.0632. The molecule has 5 rings (SSSR count). The van der Waals surface area contributed by atoms with Gasteiger partial charge < -0.3 is 4.57 Å². The summed E-state index contributed by atoms with van der Waals surface area (Å²) in [5.74, 6) is 1.66. The minimum Gasteiger partial charge on any atom is -0.337 e. The minimum absolute atomic E-state index is 0.426. The topological polar surface area (TPSA) is 17.3 Å². The highest BCUT2D eigenvalue weighted by Crippen LogP contribution is 2.51. The highest BCUT2D eigenvalue weighted by atomic mass is 15.0. The first-order valence-electron chi connectivity index (χ1n) is 15.0. The number of hydrogen-bond acceptors (Lipinski definition) is 1. The molecule has 1 atom stereocenters. The number of nitrogens with zero attached hydrogens (tertiary/aromatic N) is 2. The van der Waals surface area contributed by atoms with Gasteiger partial charge in [0.2, 0.25) is 0 Å². The lowest BCUT2D eigenvalue weighted by Crippen LogP contribution is -2.34. The molecule has 36 heavy (non-hydrogen) atoms. The molecule has 0 amide bonds. The second-order valence-corrected chi connectivity index (χ2v) is 12.4. The van der Waals surface area contributed by atoms with Gasteiger partial charge in [-0.05, 0) is 104 Å². The molecule has 2 heteroatoms. The molecular weight excluding hydrogens is 436 g/mol. The molecule has 0 N–H and O–H groups in total. The zero-order chi connectivity index (χ0) is 25.1. The van der Waals surface area contributed by atoms with Gasteiger partial charge in [0.05, 0.1) is 6.04 Å². The number of hydrogen-bond donors (Lipinski definition) is 0. The smallest absolute Gasteiger partial charge is 0.0557 e. The number of fused-ring (bicyclic) bond motifs is 1. The Labute approximate surface area is 220 Å². The van der Waals surface area contributed by atoms with E-state index in [0.29, 0.717) is 17.4 Å². The van der Waals surface area contributed by atoms with Crippen molar-refractivity contribution in [1.82, 2.24) is 4.57 Å². The van der Waals surface area contributed by atoms with Crippen LogP contribution in [0.3, 0.4) is 0 Å². The van der Waals surface area contributed by atoms with Crippen molar-refractivity contribution in [3.63, 3.8) is 0 Å². The van der Waals surface area contributed by atoms with Crippen LogP contribution in [0.4, 0.5) is 0 Å². The first kappa shape index (κ1) is 25.6. The summed E-state index contributed by atoms with van der Waals surface area (Å²) in [7, 11) is 0. The molecule has 1 aromatic carbocycles. The predicted octanol–water partition coefficient (Wildman–Crippen LogP) is 9.64. The van der Waals surface area contributed by atoms with E-state index in [0.717, 1.165) is 25.3 Å². The van der Waals surface area contributed by atoms with Crippen LogP contribution in [0, 0.1) is 18.3 Å². The fraction of sp³-hybridized carbons (Fsp3) is 0.618. The molecule has 0 bridgehead atoms. The summed E-state index contributed by atoms with van der Waals surface area (Å²) in [5, 5.41) is 1.53. The predicted molar refractivity (Wildman–Crippen MR) is 157 cm³/mol. The Hall–Kier alpha value is -2.09. The molecular formula is C34H48N2. The summed E-state index contributed by atoms with van der Waals surface area (Å²) in [5.41, 5.74) is 8.02.